The van der Waals surface area contributed by atoms with Gasteiger partial charge in [0.1, 0.15) is 12.4 Å². The Morgan fingerprint density at radius 3 is 2.32 bits per heavy atom. The van der Waals surface area contributed by atoms with Crippen molar-refractivity contribution in [3.05, 3.63) is 70.3 Å². The Kier molecular flexibility index (Phi) is 7.41. The van der Waals surface area contributed by atoms with Gasteiger partial charge in [-0.05, 0) is 43.5 Å². The van der Waals surface area contributed by atoms with E-state index >= 15 is 0 Å². The highest BCUT2D eigenvalue weighted by molar-refractivity contribution is 7.90. The second kappa shape index (κ2) is 9.37. The molecule has 0 spiro atoms. The third-order valence-corrected chi connectivity index (χ3v) is 5.05. The maximum absolute atomic E-state index is 14.0. The maximum atomic E-state index is 14.0. The van der Waals surface area contributed by atoms with E-state index in [0.29, 0.717) is 33.9 Å². The summed E-state index contributed by atoms with van der Waals surface area (Å²) in [5, 5.41) is 8.06. The van der Waals surface area contributed by atoms with Crippen LogP contribution in [-0.2, 0) is 12.3 Å². The number of hydrogen-bond donors (Lipinski definition) is 2. The molecule has 0 saturated carbocycles. The Balaban J connectivity index is 2.30. The van der Waals surface area contributed by atoms with Gasteiger partial charge in [0.2, 0.25) is 0 Å². The molecule has 5 heteroatoms. The number of thiol groups is 1. The van der Waals surface area contributed by atoms with Crippen molar-refractivity contribution in [1.29, 1.82) is 5.41 Å². The lowest BCUT2D eigenvalue weighted by Gasteiger charge is -2.18. The normalized spacial score (nSPS) is 12.5. The monoisotopic (exact) mass is 403 g/mol. The van der Waals surface area contributed by atoms with E-state index in [1.807, 2.05) is 38.1 Å². The Morgan fingerprint density at radius 2 is 1.79 bits per heavy atom. The largest absolute Gasteiger partial charge is 0.489 e. The van der Waals surface area contributed by atoms with Crippen molar-refractivity contribution in [2.75, 3.05) is 6.61 Å². The minimum Gasteiger partial charge on any atom is -0.489 e. The Hall–Kier alpha value is -2.14. The van der Waals surface area contributed by atoms with E-state index in [1.165, 1.54) is 6.07 Å². The molecule has 0 radical (unpaired) electrons. The van der Waals surface area contributed by atoms with Crippen LogP contribution in [0.1, 0.15) is 49.4 Å². The first-order valence-corrected chi connectivity index (χ1v) is 9.77. The number of halogens is 2. The molecular formula is C23H27F2NOS. The van der Waals surface area contributed by atoms with E-state index in [2.05, 4.69) is 12.6 Å². The summed E-state index contributed by atoms with van der Waals surface area (Å²) < 4.78 is 33.8. The van der Waals surface area contributed by atoms with Crippen LogP contribution >= 0.6 is 12.6 Å². The number of ether oxygens (including phenoxy) is 1. The van der Waals surface area contributed by atoms with Crippen molar-refractivity contribution in [2.24, 2.45) is 0 Å². The van der Waals surface area contributed by atoms with Crippen LogP contribution in [0.4, 0.5) is 8.78 Å². The number of nitrogens with one attached hydrogen (secondary N) is 1. The molecule has 2 aromatic carbocycles. The molecule has 0 fully saturated rings. The Labute approximate surface area is 171 Å². The van der Waals surface area contributed by atoms with E-state index in [-0.39, 0.29) is 12.2 Å². The zero-order valence-electron chi connectivity index (χ0n) is 16.8. The Bertz CT molecular complexity index is 867. The Morgan fingerprint density at radius 1 is 1.14 bits per heavy atom. The van der Waals surface area contributed by atoms with E-state index < -0.39 is 5.92 Å². The smallest absolute Gasteiger partial charge is 0.270 e. The second-order valence-electron chi connectivity index (χ2n) is 7.06. The van der Waals surface area contributed by atoms with Crippen LogP contribution in [0.3, 0.4) is 0 Å². The fourth-order valence-corrected chi connectivity index (χ4v) is 3.32. The molecule has 28 heavy (non-hydrogen) atoms. The van der Waals surface area contributed by atoms with E-state index in [4.69, 9.17) is 10.1 Å². The van der Waals surface area contributed by atoms with Gasteiger partial charge in [-0.3, -0.25) is 0 Å². The molecule has 0 bridgehead atoms. The lowest BCUT2D eigenvalue weighted by atomic mass is 9.98. The average molecular weight is 404 g/mol. The van der Waals surface area contributed by atoms with Gasteiger partial charge in [0.25, 0.3) is 5.92 Å². The van der Waals surface area contributed by atoms with Gasteiger partial charge in [0.05, 0.1) is 0 Å². The molecule has 0 atom stereocenters. The first-order valence-electron chi connectivity index (χ1n) is 9.32. The van der Waals surface area contributed by atoms with Gasteiger partial charge in [-0.1, -0.05) is 49.2 Å². The molecule has 0 aliphatic rings. The standard InChI is InChI=1S/C23H27F2NOS/c1-5-6-17-11-12-19(13-21(17)23(4,24)25)27-14-20(16(3)26)22(28)18-9-7-15(2)8-10-18/h7-13,26,28H,5-6,14H2,1-4H3/b22-20-,26-16?. The topological polar surface area (TPSA) is 33.1 Å². The molecule has 0 heterocycles. The summed E-state index contributed by atoms with van der Waals surface area (Å²) in [7, 11) is 0. The van der Waals surface area contributed by atoms with E-state index in [0.717, 1.165) is 24.5 Å². The maximum Gasteiger partial charge on any atom is 0.270 e. The first-order chi connectivity index (χ1) is 13.1. The van der Waals surface area contributed by atoms with Gasteiger partial charge in [0.15, 0.2) is 0 Å². The summed E-state index contributed by atoms with van der Waals surface area (Å²) in [6.45, 7) is 6.62. The van der Waals surface area contributed by atoms with Gasteiger partial charge in [-0.25, -0.2) is 8.78 Å². The minimum atomic E-state index is -2.93. The van der Waals surface area contributed by atoms with Gasteiger partial charge < -0.3 is 10.1 Å². The molecule has 0 aliphatic carbocycles. The molecule has 0 saturated heterocycles. The molecule has 1 N–H and O–H groups in total. The average Bonchev–Trinajstić information content (AvgIpc) is 2.62. The van der Waals surface area contributed by atoms with Gasteiger partial charge >= 0.3 is 0 Å². The van der Waals surface area contributed by atoms with Crippen LogP contribution in [0, 0.1) is 12.3 Å². The molecule has 150 valence electrons. The summed E-state index contributed by atoms with van der Waals surface area (Å²) in [6.07, 6.45) is 1.39. The van der Waals surface area contributed by atoms with E-state index in [1.54, 1.807) is 19.1 Å². The quantitative estimate of drug-likeness (QED) is 0.368. The summed E-state index contributed by atoms with van der Waals surface area (Å²) in [5.74, 6) is -2.57. The van der Waals surface area contributed by atoms with Crippen LogP contribution in [0.25, 0.3) is 4.91 Å². The third kappa shape index (κ3) is 5.68. The predicted octanol–water partition coefficient (Wildman–Crippen LogP) is 6.82. The van der Waals surface area contributed by atoms with Crippen molar-refractivity contribution in [1.82, 2.24) is 0 Å². The van der Waals surface area contributed by atoms with Crippen LogP contribution in [0.5, 0.6) is 5.75 Å². The summed E-state index contributed by atoms with van der Waals surface area (Å²) in [5.41, 5.74) is 3.60. The fourth-order valence-electron chi connectivity index (χ4n) is 2.94. The molecule has 0 aromatic heterocycles. The number of aryl methyl sites for hydroxylation is 2. The lowest BCUT2D eigenvalue weighted by molar-refractivity contribution is 0.0163. The van der Waals surface area contributed by atoms with Crippen LogP contribution in [0.15, 0.2) is 48.0 Å². The summed E-state index contributed by atoms with van der Waals surface area (Å²) >= 11 is 4.58. The summed E-state index contributed by atoms with van der Waals surface area (Å²) in [6, 6.07) is 12.7. The van der Waals surface area contributed by atoms with Crippen molar-refractivity contribution < 1.29 is 13.5 Å². The molecule has 0 unspecified atom stereocenters. The third-order valence-electron chi connectivity index (χ3n) is 4.52. The lowest BCUT2D eigenvalue weighted by Crippen LogP contribution is -2.13. The highest BCUT2D eigenvalue weighted by Crippen LogP contribution is 2.34. The van der Waals surface area contributed by atoms with Gasteiger partial charge in [-0.15, -0.1) is 12.6 Å². The highest BCUT2D eigenvalue weighted by atomic mass is 32.1. The molecule has 2 aromatic rings. The first kappa shape index (κ1) is 22.2. The number of hydrogen-bond acceptors (Lipinski definition) is 3. The molecule has 0 aliphatic heterocycles. The highest BCUT2D eigenvalue weighted by Gasteiger charge is 2.27. The van der Waals surface area contributed by atoms with Gasteiger partial charge in [0, 0.05) is 28.7 Å². The second-order valence-corrected chi connectivity index (χ2v) is 7.51. The van der Waals surface area contributed by atoms with Crippen molar-refractivity contribution >= 4 is 23.2 Å². The molecule has 2 rings (SSSR count). The zero-order chi connectivity index (χ0) is 20.9. The fraction of sp³-hybridized carbons (Fsp3) is 0.348. The molecule has 2 nitrogen and oxygen atoms in total. The number of alkyl halides is 2. The van der Waals surface area contributed by atoms with Crippen LogP contribution in [-0.4, -0.2) is 12.3 Å². The molecular weight excluding hydrogens is 376 g/mol. The zero-order valence-corrected chi connectivity index (χ0v) is 17.7. The molecule has 0 amide bonds. The SMILES string of the molecule is CCCc1ccc(OC/C(C(C)=N)=C(/S)c2ccc(C)cc2)cc1C(C)(F)F. The predicted molar refractivity (Wildman–Crippen MR) is 116 cm³/mol. The van der Waals surface area contributed by atoms with E-state index in [9.17, 15) is 8.78 Å². The van der Waals surface area contributed by atoms with Crippen LogP contribution < -0.4 is 4.74 Å². The number of rotatable bonds is 8. The van der Waals surface area contributed by atoms with Crippen molar-refractivity contribution in [2.45, 2.75) is 46.5 Å². The summed E-state index contributed by atoms with van der Waals surface area (Å²) in [4.78, 5) is 0.649. The number of benzene rings is 2. The minimum absolute atomic E-state index is 0.00594. The van der Waals surface area contributed by atoms with Gasteiger partial charge in [-0.2, -0.15) is 0 Å². The van der Waals surface area contributed by atoms with Crippen LogP contribution in [0.2, 0.25) is 0 Å². The van der Waals surface area contributed by atoms with Crippen molar-refractivity contribution in [3.63, 3.8) is 0 Å². The van der Waals surface area contributed by atoms with Crippen molar-refractivity contribution in [3.8, 4) is 5.75 Å².